The van der Waals surface area contributed by atoms with E-state index in [4.69, 9.17) is 23.2 Å². The number of fused-ring (bicyclic) bond motifs is 1. The van der Waals surface area contributed by atoms with Crippen molar-refractivity contribution < 1.29 is 0 Å². The van der Waals surface area contributed by atoms with Crippen molar-refractivity contribution in [2.75, 3.05) is 0 Å². The molecule has 18 heavy (non-hydrogen) atoms. The maximum Gasteiger partial charge on any atom is 0.156 e. The minimum atomic E-state index is 0.263. The molecule has 6 heteroatoms. The number of aromatic nitrogens is 4. The van der Waals surface area contributed by atoms with E-state index in [1.165, 1.54) is 0 Å². The number of rotatable bonds is 2. The molecule has 2 aromatic heterocycles. The normalized spacial score (nSPS) is 11.0. The van der Waals surface area contributed by atoms with E-state index in [9.17, 15) is 0 Å². The molecule has 0 aliphatic rings. The molecule has 0 unspecified atom stereocenters. The van der Waals surface area contributed by atoms with E-state index in [0.717, 1.165) is 11.0 Å². The average Bonchev–Trinajstić information content (AvgIpc) is 2.83. The monoisotopic (exact) mass is 278 g/mol. The Labute approximate surface area is 113 Å². The van der Waals surface area contributed by atoms with Crippen molar-refractivity contribution in [3.05, 3.63) is 47.1 Å². The van der Waals surface area contributed by atoms with Crippen LogP contribution in [0.3, 0.4) is 0 Å². The third-order valence-electron chi connectivity index (χ3n) is 2.60. The molecule has 0 atom stereocenters. The van der Waals surface area contributed by atoms with Gasteiger partial charge < -0.3 is 0 Å². The molecule has 2 heterocycles. The Kier molecular flexibility index (Phi) is 2.89. The lowest BCUT2D eigenvalue weighted by molar-refractivity contribution is 0.797. The highest BCUT2D eigenvalue weighted by Gasteiger charge is 2.09. The summed E-state index contributed by atoms with van der Waals surface area (Å²) in [4.78, 5) is 4.38. The lowest BCUT2D eigenvalue weighted by atomic mass is 10.3. The number of hydrogen-bond donors (Lipinski definition) is 0. The Bertz CT molecular complexity index is 708. The number of alkyl halides is 1. The smallest absolute Gasteiger partial charge is 0.156 e. The predicted molar refractivity (Wildman–Crippen MR) is 71.2 cm³/mol. The van der Waals surface area contributed by atoms with Crippen LogP contribution in [-0.2, 0) is 5.88 Å². The second kappa shape index (κ2) is 4.55. The van der Waals surface area contributed by atoms with Gasteiger partial charge in [-0.15, -0.1) is 16.7 Å². The first-order valence-electron chi connectivity index (χ1n) is 5.32. The van der Waals surface area contributed by atoms with Crippen LogP contribution in [0.5, 0.6) is 0 Å². The molecule has 0 radical (unpaired) electrons. The van der Waals surface area contributed by atoms with Gasteiger partial charge in [0.05, 0.1) is 22.1 Å². The molecule has 0 saturated carbocycles. The van der Waals surface area contributed by atoms with Crippen molar-refractivity contribution in [3.63, 3.8) is 0 Å². The quantitative estimate of drug-likeness (QED) is 0.676. The van der Waals surface area contributed by atoms with Crippen molar-refractivity contribution >= 4 is 34.2 Å². The van der Waals surface area contributed by atoms with Crippen LogP contribution in [0.4, 0.5) is 0 Å². The van der Waals surface area contributed by atoms with Gasteiger partial charge in [-0.3, -0.25) is 0 Å². The third-order valence-corrected chi connectivity index (χ3v) is 3.20. The zero-order valence-corrected chi connectivity index (χ0v) is 10.7. The van der Waals surface area contributed by atoms with E-state index >= 15 is 0 Å². The van der Waals surface area contributed by atoms with Crippen LogP contribution in [0.1, 0.15) is 5.69 Å². The van der Waals surface area contributed by atoms with Crippen molar-refractivity contribution in [2.45, 2.75) is 5.88 Å². The van der Waals surface area contributed by atoms with Gasteiger partial charge in [0.1, 0.15) is 5.52 Å². The van der Waals surface area contributed by atoms with Gasteiger partial charge in [-0.2, -0.15) is 4.68 Å². The highest BCUT2D eigenvalue weighted by atomic mass is 35.5. The largest absolute Gasteiger partial charge is 0.231 e. The van der Waals surface area contributed by atoms with Crippen LogP contribution in [0, 0.1) is 0 Å². The van der Waals surface area contributed by atoms with E-state index in [0.29, 0.717) is 16.5 Å². The second-order valence-electron chi connectivity index (χ2n) is 3.72. The van der Waals surface area contributed by atoms with E-state index in [2.05, 4.69) is 15.3 Å². The average molecular weight is 279 g/mol. The zero-order chi connectivity index (χ0) is 12.5. The molecular weight excluding hydrogens is 271 g/mol. The first-order chi connectivity index (χ1) is 8.79. The summed E-state index contributed by atoms with van der Waals surface area (Å²) in [6.45, 7) is 0. The molecule has 0 amide bonds. The zero-order valence-electron chi connectivity index (χ0n) is 9.22. The Balaban J connectivity index is 2.20. The van der Waals surface area contributed by atoms with E-state index in [1.807, 2.05) is 24.3 Å². The highest BCUT2D eigenvalue weighted by Crippen LogP contribution is 2.20. The predicted octanol–water partition coefficient (Wildman–Crippen LogP) is 3.21. The van der Waals surface area contributed by atoms with Gasteiger partial charge in [0.25, 0.3) is 0 Å². The van der Waals surface area contributed by atoms with Crippen LogP contribution in [-0.4, -0.2) is 20.0 Å². The molecule has 3 rings (SSSR count). The number of hydrogen-bond acceptors (Lipinski definition) is 3. The van der Waals surface area contributed by atoms with Crippen LogP contribution < -0.4 is 0 Å². The fourth-order valence-corrected chi connectivity index (χ4v) is 2.17. The van der Waals surface area contributed by atoms with Crippen molar-refractivity contribution in [3.8, 4) is 5.82 Å². The third kappa shape index (κ3) is 1.83. The molecule has 0 aliphatic carbocycles. The maximum atomic E-state index is 5.98. The summed E-state index contributed by atoms with van der Waals surface area (Å²) in [6.07, 6.45) is 0. The fraction of sp³-hybridized carbons (Fsp3) is 0.0833. The summed E-state index contributed by atoms with van der Waals surface area (Å²) in [6, 6.07) is 11.2. The Morgan fingerprint density at radius 3 is 2.78 bits per heavy atom. The fourth-order valence-electron chi connectivity index (χ4n) is 1.72. The molecule has 0 bridgehead atoms. The topological polar surface area (TPSA) is 43.6 Å². The van der Waals surface area contributed by atoms with Crippen LogP contribution in [0.25, 0.3) is 16.9 Å². The molecule has 4 nitrogen and oxygen atoms in total. The van der Waals surface area contributed by atoms with Crippen molar-refractivity contribution in [1.82, 2.24) is 20.0 Å². The van der Waals surface area contributed by atoms with Crippen molar-refractivity contribution in [1.29, 1.82) is 0 Å². The number of halogens is 2. The molecule has 3 aromatic rings. The van der Waals surface area contributed by atoms with E-state index in [1.54, 1.807) is 16.8 Å². The molecule has 0 saturated heterocycles. The molecule has 1 aromatic carbocycles. The first kappa shape index (κ1) is 11.4. The summed E-state index contributed by atoms with van der Waals surface area (Å²) in [5.41, 5.74) is 2.35. The van der Waals surface area contributed by atoms with Gasteiger partial charge >= 0.3 is 0 Å². The second-order valence-corrected chi connectivity index (χ2v) is 4.40. The van der Waals surface area contributed by atoms with Crippen LogP contribution in [0.2, 0.25) is 5.02 Å². The number of nitrogens with zero attached hydrogens (tertiary/aromatic N) is 4. The molecule has 0 fully saturated rings. The lowest BCUT2D eigenvalue weighted by Gasteiger charge is -2.04. The maximum absolute atomic E-state index is 5.98. The summed E-state index contributed by atoms with van der Waals surface area (Å²) >= 11 is 11.8. The Morgan fingerprint density at radius 1 is 1.11 bits per heavy atom. The molecule has 0 N–H and O–H groups in total. The van der Waals surface area contributed by atoms with Gasteiger partial charge in [0.2, 0.25) is 0 Å². The molecule has 90 valence electrons. The van der Waals surface area contributed by atoms with E-state index in [-0.39, 0.29) is 5.88 Å². The van der Waals surface area contributed by atoms with Gasteiger partial charge in [-0.1, -0.05) is 28.9 Å². The molecular formula is C12H8Cl2N4. The number of para-hydroxylation sites is 1. The standard InChI is InChI=1S/C12H8Cl2N4/c13-7-10-8(14)5-6-12(15-10)18-11-4-2-1-3-9(11)16-17-18/h1-6H,7H2. The number of benzene rings is 1. The van der Waals surface area contributed by atoms with Crippen LogP contribution in [0.15, 0.2) is 36.4 Å². The minimum Gasteiger partial charge on any atom is -0.231 e. The summed E-state index contributed by atoms with van der Waals surface area (Å²) in [7, 11) is 0. The molecule has 0 spiro atoms. The van der Waals surface area contributed by atoms with Crippen LogP contribution >= 0.6 is 23.2 Å². The first-order valence-corrected chi connectivity index (χ1v) is 6.23. The highest BCUT2D eigenvalue weighted by molar-refractivity contribution is 6.32. The van der Waals surface area contributed by atoms with E-state index < -0.39 is 0 Å². The van der Waals surface area contributed by atoms with Gasteiger partial charge in [0, 0.05) is 0 Å². The Hall–Kier alpha value is -1.65. The summed E-state index contributed by atoms with van der Waals surface area (Å²) < 4.78 is 1.67. The number of pyridine rings is 1. The Morgan fingerprint density at radius 2 is 1.94 bits per heavy atom. The summed E-state index contributed by atoms with van der Waals surface area (Å²) in [5.74, 6) is 0.919. The van der Waals surface area contributed by atoms with Gasteiger partial charge in [-0.05, 0) is 24.3 Å². The SMILES string of the molecule is ClCc1nc(-n2nnc3ccccc32)ccc1Cl. The molecule has 0 aliphatic heterocycles. The summed E-state index contributed by atoms with van der Waals surface area (Å²) in [5, 5.41) is 8.72. The van der Waals surface area contributed by atoms with Crippen molar-refractivity contribution in [2.24, 2.45) is 0 Å². The lowest BCUT2D eigenvalue weighted by Crippen LogP contribution is -2.01. The van der Waals surface area contributed by atoms with Gasteiger partial charge in [0.15, 0.2) is 5.82 Å². The minimum absolute atomic E-state index is 0.263. The van der Waals surface area contributed by atoms with Gasteiger partial charge in [-0.25, -0.2) is 4.98 Å².